The monoisotopic (exact) mass is 391 g/mol. The molecule has 0 aliphatic carbocycles. The molecule has 0 aromatic heterocycles. The Morgan fingerprint density at radius 1 is 1.35 bits per heavy atom. The molecule has 1 amide bonds. The molecule has 1 rings (SSSR count). The summed E-state index contributed by atoms with van der Waals surface area (Å²) in [4.78, 5) is 22.8. The molecule has 0 spiro atoms. The van der Waals surface area contributed by atoms with Crippen LogP contribution < -0.4 is 10.1 Å². The number of nitrogens with one attached hydrogen (secondary N) is 1. The lowest BCUT2D eigenvalue weighted by molar-refractivity contribution is -0.127. The van der Waals surface area contributed by atoms with Crippen LogP contribution in [0.3, 0.4) is 0 Å². The maximum Gasteiger partial charge on any atom is 0.335 e. The van der Waals surface area contributed by atoms with Crippen molar-refractivity contribution in [1.82, 2.24) is 5.32 Å². The summed E-state index contributed by atoms with van der Waals surface area (Å²) in [6.45, 7) is 6.23. The van der Waals surface area contributed by atoms with Crippen molar-refractivity contribution < 1.29 is 19.4 Å². The number of carboxylic acid groups (broad SMARTS) is 1. The van der Waals surface area contributed by atoms with E-state index in [0.29, 0.717) is 18.2 Å². The highest BCUT2D eigenvalue weighted by atomic mass is 127. The molecular weight excluding hydrogens is 373 g/mol. The number of hydrogen-bond donors (Lipinski definition) is 2. The summed E-state index contributed by atoms with van der Waals surface area (Å²) in [5.41, 5.74) is 0.134. The van der Waals surface area contributed by atoms with Crippen LogP contribution in [0.4, 0.5) is 0 Å². The summed E-state index contributed by atoms with van der Waals surface area (Å²) < 4.78 is 6.31. The van der Waals surface area contributed by atoms with Gasteiger partial charge < -0.3 is 15.2 Å². The quantitative estimate of drug-likeness (QED) is 0.731. The lowest BCUT2D eigenvalue weighted by Crippen LogP contribution is -2.38. The van der Waals surface area contributed by atoms with Gasteiger partial charge in [0.25, 0.3) is 5.91 Å². The number of halogens is 1. The highest BCUT2D eigenvalue weighted by Crippen LogP contribution is 2.23. The minimum absolute atomic E-state index is 0.134. The highest BCUT2D eigenvalue weighted by Gasteiger charge is 2.17. The third-order valence-electron chi connectivity index (χ3n) is 2.54. The fraction of sp³-hybridized carbons (Fsp3) is 0.429. The largest absolute Gasteiger partial charge is 0.480 e. The van der Waals surface area contributed by atoms with Gasteiger partial charge in [-0.2, -0.15) is 0 Å². The molecule has 0 saturated heterocycles. The normalized spacial score (nSPS) is 12.1. The van der Waals surface area contributed by atoms with Gasteiger partial charge in [0.1, 0.15) is 5.75 Å². The first-order chi connectivity index (χ1) is 9.31. The number of hydrogen-bond acceptors (Lipinski definition) is 3. The second-order valence-corrected chi connectivity index (χ2v) is 6.01. The van der Waals surface area contributed by atoms with Gasteiger partial charge in [0.2, 0.25) is 0 Å². The van der Waals surface area contributed by atoms with Crippen LogP contribution in [0.25, 0.3) is 0 Å². The van der Waals surface area contributed by atoms with Gasteiger partial charge in [-0.3, -0.25) is 4.79 Å². The van der Waals surface area contributed by atoms with Crippen molar-refractivity contribution >= 4 is 34.5 Å². The lowest BCUT2D eigenvalue weighted by Gasteiger charge is -2.17. The van der Waals surface area contributed by atoms with E-state index in [2.05, 4.69) is 5.32 Å². The maximum absolute atomic E-state index is 11.8. The Kier molecular flexibility index (Phi) is 6.25. The van der Waals surface area contributed by atoms with E-state index >= 15 is 0 Å². The van der Waals surface area contributed by atoms with E-state index in [1.807, 2.05) is 36.4 Å². The number of carbonyl (C=O) groups excluding carboxylic acids is 1. The smallest absolute Gasteiger partial charge is 0.335 e. The molecular formula is C14H18INO4. The zero-order chi connectivity index (χ0) is 15.3. The van der Waals surface area contributed by atoms with E-state index in [4.69, 9.17) is 9.84 Å². The molecule has 0 bridgehead atoms. The first-order valence-corrected chi connectivity index (χ1v) is 7.36. The molecule has 0 fully saturated rings. The minimum Gasteiger partial charge on any atom is -0.480 e. The molecule has 2 N–H and O–H groups in total. The number of rotatable bonds is 6. The number of carbonyl (C=O) groups is 2. The van der Waals surface area contributed by atoms with Crippen LogP contribution in [-0.2, 0) is 4.79 Å². The van der Waals surface area contributed by atoms with Gasteiger partial charge in [0.15, 0.2) is 6.10 Å². The Balaban J connectivity index is 2.74. The van der Waals surface area contributed by atoms with Gasteiger partial charge in [-0.25, -0.2) is 4.79 Å². The lowest BCUT2D eigenvalue weighted by atomic mass is 10.2. The number of amides is 1. The first-order valence-electron chi connectivity index (χ1n) is 6.28. The summed E-state index contributed by atoms with van der Waals surface area (Å²) in [7, 11) is 0. The van der Waals surface area contributed by atoms with Crippen molar-refractivity contribution in [3.05, 3.63) is 27.3 Å². The van der Waals surface area contributed by atoms with E-state index in [1.165, 1.54) is 12.1 Å². The number of benzene rings is 1. The summed E-state index contributed by atoms with van der Waals surface area (Å²) >= 11 is 2.04. The molecule has 6 heteroatoms. The van der Waals surface area contributed by atoms with Crippen LogP contribution in [0.5, 0.6) is 5.75 Å². The van der Waals surface area contributed by atoms with E-state index in [9.17, 15) is 9.59 Å². The summed E-state index contributed by atoms with van der Waals surface area (Å²) in [5.74, 6) is -0.474. The average molecular weight is 391 g/mol. The van der Waals surface area contributed by atoms with Crippen LogP contribution in [0.15, 0.2) is 18.2 Å². The zero-order valence-corrected chi connectivity index (χ0v) is 13.8. The summed E-state index contributed by atoms with van der Waals surface area (Å²) in [6.07, 6.45) is -0.675. The van der Waals surface area contributed by atoms with Crippen molar-refractivity contribution in [2.24, 2.45) is 5.92 Å². The van der Waals surface area contributed by atoms with E-state index in [-0.39, 0.29) is 11.5 Å². The second kappa shape index (κ2) is 7.47. The molecule has 0 saturated carbocycles. The van der Waals surface area contributed by atoms with Crippen molar-refractivity contribution in [2.45, 2.75) is 26.9 Å². The predicted octanol–water partition coefficient (Wildman–Crippen LogP) is 2.53. The Bertz CT molecular complexity index is 502. The highest BCUT2D eigenvalue weighted by molar-refractivity contribution is 14.1. The average Bonchev–Trinajstić information content (AvgIpc) is 2.37. The number of ether oxygens (including phenoxy) is 1. The first kappa shape index (κ1) is 16.7. The number of carboxylic acids is 1. The standard InChI is InChI=1S/C14H18INO4/c1-8(2)7-16-13(17)9(3)20-12-6-10(14(18)19)4-5-11(12)15/h4-6,8-9H,7H2,1-3H3,(H,16,17)(H,18,19). The fourth-order valence-corrected chi connectivity index (χ4v) is 1.88. The van der Waals surface area contributed by atoms with Crippen LogP contribution in [0, 0.1) is 9.49 Å². The van der Waals surface area contributed by atoms with E-state index < -0.39 is 12.1 Å². The molecule has 1 aromatic rings. The van der Waals surface area contributed by atoms with E-state index in [1.54, 1.807) is 13.0 Å². The van der Waals surface area contributed by atoms with Gasteiger partial charge >= 0.3 is 5.97 Å². The fourth-order valence-electron chi connectivity index (χ4n) is 1.42. The predicted molar refractivity (Wildman–Crippen MR) is 84.1 cm³/mol. The molecule has 0 radical (unpaired) electrons. The third-order valence-corrected chi connectivity index (χ3v) is 3.43. The third kappa shape index (κ3) is 4.99. The van der Waals surface area contributed by atoms with Crippen molar-refractivity contribution in [3.8, 4) is 5.75 Å². The summed E-state index contributed by atoms with van der Waals surface area (Å²) in [6, 6.07) is 4.58. The maximum atomic E-state index is 11.8. The van der Waals surface area contributed by atoms with Gasteiger partial charge in [0.05, 0.1) is 9.13 Å². The van der Waals surface area contributed by atoms with Crippen molar-refractivity contribution in [1.29, 1.82) is 0 Å². The molecule has 5 nitrogen and oxygen atoms in total. The van der Waals surface area contributed by atoms with E-state index in [0.717, 1.165) is 3.57 Å². The Morgan fingerprint density at radius 3 is 2.55 bits per heavy atom. The Labute approximate surface area is 131 Å². The van der Waals surface area contributed by atoms with Crippen LogP contribution in [-0.4, -0.2) is 29.6 Å². The minimum atomic E-state index is -1.02. The Morgan fingerprint density at radius 2 is 2.00 bits per heavy atom. The number of aromatic carboxylic acids is 1. The molecule has 110 valence electrons. The zero-order valence-electron chi connectivity index (χ0n) is 11.6. The van der Waals surface area contributed by atoms with Gasteiger partial charge in [-0.15, -0.1) is 0 Å². The molecule has 1 atom stereocenters. The molecule has 0 aliphatic heterocycles. The summed E-state index contributed by atoms with van der Waals surface area (Å²) in [5, 5.41) is 11.7. The van der Waals surface area contributed by atoms with Gasteiger partial charge in [-0.1, -0.05) is 13.8 Å². The molecule has 0 aliphatic rings. The second-order valence-electron chi connectivity index (χ2n) is 4.85. The topological polar surface area (TPSA) is 75.6 Å². The SMILES string of the molecule is CC(C)CNC(=O)C(C)Oc1cc(C(=O)O)ccc1I. The van der Waals surface area contributed by atoms with Crippen LogP contribution in [0.2, 0.25) is 0 Å². The molecule has 1 unspecified atom stereocenters. The van der Waals surface area contributed by atoms with Crippen molar-refractivity contribution in [3.63, 3.8) is 0 Å². The molecule has 20 heavy (non-hydrogen) atoms. The molecule has 1 aromatic carbocycles. The Hall–Kier alpha value is -1.31. The van der Waals surface area contributed by atoms with Gasteiger partial charge in [0, 0.05) is 6.54 Å². The van der Waals surface area contributed by atoms with Gasteiger partial charge in [-0.05, 0) is 53.6 Å². The molecule has 0 heterocycles. The van der Waals surface area contributed by atoms with Crippen LogP contribution in [0.1, 0.15) is 31.1 Å². The van der Waals surface area contributed by atoms with Crippen molar-refractivity contribution in [2.75, 3.05) is 6.54 Å². The van der Waals surface area contributed by atoms with Crippen LogP contribution >= 0.6 is 22.6 Å².